The van der Waals surface area contributed by atoms with Gasteiger partial charge in [0.25, 0.3) is 0 Å². The number of fused-ring (bicyclic) bond motifs is 1. The van der Waals surface area contributed by atoms with E-state index >= 15 is 0 Å². The Bertz CT molecular complexity index is 487. The highest BCUT2D eigenvalue weighted by molar-refractivity contribution is 7.94. The molecule has 0 aliphatic carbocycles. The van der Waals surface area contributed by atoms with E-state index in [0.29, 0.717) is 10.1 Å². The molecule has 16 heavy (non-hydrogen) atoms. The predicted molar refractivity (Wildman–Crippen MR) is 70.5 cm³/mol. The molecule has 1 aromatic heterocycles. The van der Waals surface area contributed by atoms with Crippen molar-refractivity contribution in [3.8, 4) is 0 Å². The number of thiophene rings is 1. The van der Waals surface area contributed by atoms with Gasteiger partial charge in [0.2, 0.25) is 0 Å². The fourth-order valence-corrected chi connectivity index (χ4v) is 6.29. The summed E-state index contributed by atoms with van der Waals surface area (Å²) in [6.45, 7) is 3.96. The second kappa shape index (κ2) is 4.35. The molecular formula is C11H16O2S3. The predicted octanol–water partition coefficient (Wildman–Crippen LogP) is 3.49. The Morgan fingerprint density at radius 2 is 2.25 bits per heavy atom. The highest BCUT2D eigenvalue weighted by Crippen LogP contribution is 2.45. The third-order valence-corrected chi connectivity index (χ3v) is 7.30. The van der Waals surface area contributed by atoms with Gasteiger partial charge in [-0.3, -0.25) is 0 Å². The lowest BCUT2D eigenvalue weighted by Gasteiger charge is -2.26. The lowest BCUT2D eigenvalue weighted by Crippen LogP contribution is -2.26. The lowest BCUT2D eigenvalue weighted by atomic mass is 9.92. The number of hydrogen-bond acceptors (Lipinski definition) is 4. The third kappa shape index (κ3) is 1.93. The van der Waals surface area contributed by atoms with E-state index in [1.54, 1.807) is 0 Å². The number of hydrogen-bond donors (Lipinski definition) is 1. The number of rotatable bonds is 2. The highest BCUT2D eigenvalue weighted by Gasteiger charge is 2.37. The largest absolute Gasteiger partial charge is 0.223 e. The van der Waals surface area contributed by atoms with Crippen LogP contribution in [0.3, 0.4) is 0 Å². The minimum Gasteiger partial charge on any atom is -0.223 e. The van der Waals surface area contributed by atoms with E-state index in [2.05, 4.69) is 19.6 Å². The Kier molecular flexibility index (Phi) is 3.39. The first-order valence-corrected chi connectivity index (χ1v) is 8.34. The van der Waals surface area contributed by atoms with E-state index < -0.39 is 9.84 Å². The standard InChI is InChI=1S/C11H16O2S3/c1-3-4-8-5-7(2)16(12,13)11-9(8)6-10(14)15-11/h6-8,14H,3-5H2,1-2H3/t7-,8-/m0/s1. The molecule has 1 aliphatic heterocycles. The van der Waals surface area contributed by atoms with Crippen LogP contribution in [-0.2, 0) is 9.84 Å². The first kappa shape index (κ1) is 12.5. The van der Waals surface area contributed by atoms with Crippen LogP contribution < -0.4 is 0 Å². The summed E-state index contributed by atoms with van der Waals surface area (Å²) in [5.74, 6) is 0.399. The Morgan fingerprint density at radius 1 is 1.56 bits per heavy atom. The second-order valence-electron chi connectivity index (χ2n) is 4.40. The van der Waals surface area contributed by atoms with Crippen LogP contribution in [0, 0.1) is 0 Å². The minimum absolute atomic E-state index is 0.247. The summed E-state index contributed by atoms with van der Waals surface area (Å²) in [7, 11) is -3.08. The maximum absolute atomic E-state index is 12.1. The number of sulfone groups is 1. The summed E-state index contributed by atoms with van der Waals surface area (Å²) in [6.07, 6.45) is 2.92. The maximum Gasteiger partial charge on any atom is 0.190 e. The van der Waals surface area contributed by atoms with Crippen molar-refractivity contribution in [3.05, 3.63) is 11.6 Å². The summed E-state index contributed by atoms with van der Waals surface area (Å²) < 4.78 is 25.7. The molecule has 2 heterocycles. The Morgan fingerprint density at radius 3 is 2.88 bits per heavy atom. The topological polar surface area (TPSA) is 34.1 Å². The molecule has 90 valence electrons. The molecule has 0 fully saturated rings. The van der Waals surface area contributed by atoms with Crippen LogP contribution in [0.5, 0.6) is 0 Å². The van der Waals surface area contributed by atoms with Crippen LogP contribution in [0.4, 0.5) is 0 Å². The summed E-state index contributed by atoms with van der Waals surface area (Å²) >= 11 is 5.59. The molecule has 0 unspecified atom stereocenters. The van der Waals surface area contributed by atoms with Crippen molar-refractivity contribution >= 4 is 33.8 Å². The Labute approximate surface area is 106 Å². The van der Waals surface area contributed by atoms with E-state index in [9.17, 15) is 8.42 Å². The molecule has 0 N–H and O–H groups in total. The van der Waals surface area contributed by atoms with E-state index in [1.165, 1.54) is 11.3 Å². The van der Waals surface area contributed by atoms with E-state index in [1.807, 2.05) is 13.0 Å². The maximum atomic E-state index is 12.1. The Hall–Kier alpha value is -0.000000000000000111. The van der Waals surface area contributed by atoms with Gasteiger partial charge >= 0.3 is 0 Å². The summed E-state index contributed by atoms with van der Waals surface area (Å²) in [5, 5.41) is -0.247. The highest BCUT2D eigenvalue weighted by atomic mass is 32.2. The summed E-state index contributed by atoms with van der Waals surface area (Å²) in [5.41, 5.74) is 1.01. The first-order chi connectivity index (χ1) is 7.46. The summed E-state index contributed by atoms with van der Waals surface area (Å²) in [4.78, 5) is 0. The van der Waals surface area contributed by atoms with Crippen molar-refractivity contribution < 1.29 is 8.42 Å². The van der Waals surface area contributed by atoms with Crippen molar-refractivity contribution in [2.75, 3.05) is 0 Å². The Balaban J connectivity index is 2.53. The molecule has 1 aliphatic rings. The van der Waals surface area contributed by atoms with Gasteiger partial charge in [-0.05, 0) is 37.3 Å². The van der Waals surface area contributed by atoms with Gasteiger partial charge < -0.3 is 0 Å². The molecule has 0 bridgehead atoms. The first-order valence-electron chi connectivity index (χ1n) is 5.53. The second-order valence-corrected chi connectivity index (χ2v) is 8.80. The van der Waals surface area contributed by atoms with Gasteiger partial charge in [0.1, 0.15) is 4.21 Å². The van der Waals surface area contributed by atoms with Gasteiger partial charge in [0.15, 0.2) is 9.84 Å². The molecule has 0 saturated carbocycles. The molecule has 0 saturated heterocycles. The van der Waals surface area contributed by atoms with Gasteiger partial charge in [-0.15, -0.1) is 24.0 Å². The average molecular weight is 276 g/mol. The van der Waals surface area contributed by atoms with Gasteiger partial charge in [0, 0.05) is 0 Å². The molecular weight excluding hydrogens is 260 g/mol. The molecule has 2 atom stereocenters. The fraction of sp³-hybridized carbons (Fsp3) is 0.636. The lowest BCUT2D eigenvalue weighted by molar-refractivity contribution is 0.512. The molecule has 2 nitrogen and oxygen atoms in total. The van der Waals surface area contributed by atoms with Crippen LogP contribution in [-0.4, -0.2) is 13.7 Å². The van der Waals surface area contributed by atoms with E-state index in [-0.39, 0.29) is 5.25 Å². The molecule has 1 aromatic rings. The third-order valence-electron chi connectivity index (χ3n) is 3.19. The SMILES string of the molecule is CCC[C@H]1C[C@H](C)S(=O)(=O)c2sc(S)cc21. The zero-order valence-electron chi connectivity index (χ0n) is 9.43. The molecule has 5 heteroatoms. The number of thiol groups is 1. The summed E-state index contributed by atoms with van der Waals surface area (Å²) in [6, 6.07) is 1.94. The van der Waals surface area contributed by atoms with E-state index in [0.717, 1.165) is 29.0 Å². The van der Waals surface area contributed by atoms with Gasteiger partial charge in [0.05, 0.1) is 9.46 Å². The van der Waals surface area contributed by atoms with Crippen molar-refractivity contribution in [3.63, 3.8) is 0 Å². The van der Waals surface area contributed by atoms with Crippen molar-refractivity contribution in [2.45, 2.75) is 52.7 Å². The van der Waals surface area contributed by atoms with Crippen LogP contribution >= 0.6 is 24.0 Å². The van der Waals surface area contributed by atoms with Crippen LogP contribution in [0.25, 0.3) is 0 Å². The quantitative estimate of drug-likeness (QED) is 0.839. The molecule has 0 radical (unpaired) electrons. The molecule has 2 rings (SSSR count). The minimum atomic E-state index is -3.08. The van der Waals surface area contributed by atoms with Crippen LogP contribution in [0.1, 0.15) is 44.6 Å². The molecule has 0 aromatic carbocycles. The van der Waals surface area contributed by atoms with Gasteiger partial charge in [-0.1, -0.05) is 13.3 Å². The average Bonchev–Trinajstić information content (AvgIpc) is 2.58. The van der Waals surface area contributed by atoms with Gasteiger partial charge in [-0.25, -0.2) is 8.42 Å². The monoisotopic (exact) mass is 276 g/mol. The smallest absolute Gasteiger partial charge is 0.190 e. The fourth-order valence-electron chi connectivity index (χ4n) is 2.34. The van der Waals surface area contributed by atoms with Crippen molar-refractivity contribution in [1.82, 2.24) is 0 Å². The van der Waals surface area contributed by atoms with Crippen LogP contribution in [0.2, 0.25) is 0 Å². The molecule has 0 spiro atoms. The zero-order chi connectivity index (χ0) is 11.9. The zero-order valence-corrected chi connectivity index (χ0v) is 12.0. The van der Waals surface area contributed by atoms with Crippen molar-refractivity contribution in [1.29, 1.82) is 0 Å². The van der Waals surface area contributed by atoms with E-state index in [4.69, 9.17) is 0 Å². The normalized spacial score (nSPS) is 27.7. The molecule has 0 amide bonds. The van der Waals surface area contributed by atoms with Crippen LogP contribution in [0.15, 0.2) is 14.5 Å². The van der Waals surface area contributed by atoms with Crippen molar-refractivity contribution in [2.24, 2.45) is 0 Å². The van der Waals surface area contributed by atoms with Gasteiger partial charge in [-0.2, -0.15) is 0 Å².